The molecule has 0 aliphatic rings. The Morgan fingerprint density at radius 1 is 1.08 bits per heavy atom. The van der Waals surface area contributed by atoms with E-state index < -0.39 is 8.41 Å². The molecule has 0 aromatic heterocycles. The van der Waals surface area contributed by atoms with Crippen LogP contribution in [0.2, 0.25) is 13.1 Å². The monoisotopic (exact) mass is 182 g/mol. The molecule has 0 radical (unpaired) electrons. The molecule has 0 nitrogen and oxygen atoms in total. The van der Waals surface area contributed by atoms with Gasteiger partial charge in [0.1, 0.15) is 0 Å². The molecule has 0 aliphatic heterocycles. The van der Waals surface area contributed by atoms with Gasteiger partial charge in [-0.05, 0) is 43.3 Å². The summed E-state index contributed by atoms with van der Waals surface area (Å²) < 4.78 is 13.8. The second kappa shape index (κ2) is 3.02. The molecule has 0 spiro atoms. The fourth-order valence-corrected chi connectivity index (χ4v) is 3.79. The molecule has 0 saturated heterocycles. The highest BCUT2D eigenvalue weighted by atomic mass is 28.4. The van der Waals surface area contributed by atoms with Crippen LogP contribution in [0.3, 0.4) is 0 Å². The third kappa shape index (κ3) is 1.75. The maximum absolute atomic E-state index is 13.8. The highest BCUT2D eigenvalue weighted by Crippen LogP contribution is 2.11. The molecule has 0 N–H and O–H groups in total. The minimum atomic E-state index is -2.62. The quantitative estimate of drug-likeness (QED) is 0.463. The summed E-state index contributed by atoms with van der Waals surface area (Å²) in [5.74, 6) is 0. The smallest absolute Gasteiger partial charge is 0.272 e. The normalized spacial score (nSPS) is 11.8. The van der Waals surface area contributed by atoms with Gasteiger partial charge >= 0.3 is 0 Å². The lowest BCUT2D eigenvalue weighted by Gasteiger charge is -2.17. The summed E-state index contributed by atoms with van der Waals surface area (Å²) in [6.07, 6.45) is 0. The van der Waals surface area contributed by atoms with Crippen molar-refractivity contribution in [3.8, 4) is 0 Å². The number of hydrogen-bond acceptors (Lipinski definition) is 0. The molecule has 1 aromatic rings. The van der Waals surface area contributed by atoms with Gasteiger partial charge in [0.25, 0.3) is 8.41 Å². The molecule has 0 amide bonds. The molecule has 12 heavy (non-hydrogen) atoms. The van der Waals surface area contributed by atoms with Crippen molar-refractivity contribution in [1.29, 1.82) is 0 Å². The SMILES string of the molecule is Cc1cccc(C)c1[Si](C)(C)F. The average Bonchev–Trinajstić information content (AvgIpc) is 1.82. The Hall–Kier alpha value is -0.633. The first-order chi connectivity index (χ1) is 5.43. The van der Waals surface area contributed by atoms with Crippen LogP contribution >= 0.6 is 0 Å². The Kier molecular flexibility index (Phi) is 2.38. The van der Waals surface area contributed by atoms with E-state index in [1.165, 1.54) is 0 Å². The first-order valence-corrected chi connectivity index (χ1v) is 7.06. The van der Waals surface area contributed by atoms with E-state index in [4.69, 9.17) is 0 Å². The van der Waals surface area contributed by atoms with Gasteiger partial charge in [0.05, 0.1) is 0 Å². The topological polar surface area (TPSA) is 0 Å². The van der Waals surface area contributed by atoms with E-state index in [9.17, 15) is 4.11 Å². The summed E-state index contributed by atoms with van der Waals surface area (Å²) in [4.78, 5) is 0. The fourth-order valence-electron chi connectivity index (χ4n) is 1.75. The lowest BCUT2D eigenvalue weighted by molar-refractivity contribution is 0.820. The third-order valence-electron chi connectivity index (χ3n) is 2.08. The van der Waals surface area contributed by atoms with Crippen LogP contribution in [0, 0.1) is 13.8 Å². The lowest BCUT2D eigenvalue weighted by atomic mass is 10.2. The van der Waals surface area contributed by atoms with Gasteiger partial charge in [-0.1, -0.05) is 18.2 Å². The molecule has 66 valence electrons. The number of aryl methyl sites for hydroxylation is 2. The van der Waals surface area contributed by atoms with Crippen molar-refractivity contribution in [3.63, 3.8) is 0 Å². The molecular weight excluding hydrogens is 167 g/mol. The first kappa shape index (κ1) is 9.45. The largest absolute Gasteiger partial charge is 0.308 e. The summed E-state index contributed by atoms with van der Waals surface area (Å²) in [7, 11) is -2.62. The summed E-state index contributed by atoms with van der Waals surface area (Å²) in [6, 6.07) is 5.95. The minimum absolute atomic E-state index is 0.963. The molecule has 1 rings (SSSR count). The van der Waals surface area contributed by atoms with Crippen molar-refractivity contribution in [2.75, 3.05) is 0 Å². The Morgan fingerprint density at radius 3 is 1.75 bits per heavy atom. The standard InChI is InChI=1S/C10H15FSi/c1-8-6-5-7-9(2)10(8)12(3,4)11/h5-7H,1-4H3. The van der Waals surface area contributed by atoms with Gasteiger partial charge in [-0.2, -0.15) is 0 Å². The molecule has 0 atom stereocenters. The van der Waals surface area contributed by atoms with Crippen molar-refractivity contribution in [1.82, 2.24) is 0 Å². The predicted molar refractivity (Wildman–Crippen MR) is 54.1 cm³/mol. The van der Waals surface area contributed by atoms with Crippen molar-refractivity contribution in [3.05, 3.63) is 29.3 Å². The van der Waals surface area contributed by atoms with Gasteiger partial charge in [0.15, 0.2) is 0 Å². The van der Waals surface area contributed by atoms with Crippen molar-refractivity contribution < 1.29 is 4.11 Å². The number of hydrogen-bond donors (Lipinski definition) is 0. The van der Waals surface area contributed by atoms with E-state index in [0.29, 0.717) is 0 Å². The summed E-state index contributed by atoms with van der Waals surface area (Å²) in [6.45, 7) is 7.44. The van der Waals surface area contributed by atoms with Crippen LogP contribution in [0.15, 0.2) is 18.2 Å². The highest BCUT2D eigenvalue weighted by Gasteiger charge is 2.26. The van der Waals surface area contributed by atoms with Gasteiger partial charge in [0, 0.05) is 0 Å². The van der Waals surface area contributed by atoms with Crippen molar-refractivity contribution in [2.45, 2.75) is 26.9 Å². The van der Waals surface area contributed by atoms with Crippen LogP contribution in [0.25, 0.3) is 0 Å². The van der Waals surface area contributed by atoms with Gasteiger partial charge in [-0.25, -0.2) is 0 Å². The Bertz CT molecular complexity index is 266. The Balaban J connectivity index is 3.31. The molecule has 0 fully saturated rings. The zero-order chi connectivity index (χ0) is 9.35. The summed E-state index contributed by atoms with van der Waals surface area (Å²) >= 11 is 0. The second-order valence-electron chi connectivity index (χ2n) is 3.74. The Morgan fingerprint density at radius 2 is 1.50 bits per heavy atom. The highest BCUT2D eigenvalue weighted by molar-refractivity contribution is 6.84. The van der Waals surface area contributed by atoms with E-state index in [1.54, 1.807) is 13.1 Å². The summed E-state index contributed by atoms with van der Waals surface area (Å²) in [5.41, 5.74) is 2.18. The van der Waals surface area contributed by atoms with Crippen LogP contribution in [-0.4, -0.2) is 8.41 Å². The molecule has 0 heterocycles. The van der Waals surface area contributed by atoms with Crippen LogP contribution in [0.5, 0.6) is 0 Å². The van der Waals surface area contributed by atoms with Crippen LogP contribution in [0.4, 0.5) is 4.11 Å². The lowest BCUT2D eigenvalue weighted by Crippen LogP contribution is -2.40. The average molecular weight is 182 g/mol. The van der Waals surface area contributed by atoms with Gasteiger partial charge in [-0.3, -0.25) is 0 Å². The maximum Gasteiger partial charge on any atom is 0.272 e. The number of rotatable bonds is 1. The van der Waals surface area contributed by atoms with Crippen LogP contribution in [0.1, 0.15) is 11.1 Å². The van der Waals surface area contributed by atoms with E-state index in [1.807, 2.05) is 32.0 Å². The molecule has 2 heteroatoms. The third-order valence-corrected chi connectivity index (χ3v) is 4.05. The van der Waals surface area contributed by atoms with Crippen LogP contribution < -0.4 is 5.19 Å². The molecule has 0 aliphatic carbocycles. The fraction of sp³-hybridized carbons (Fsp3) is 0.400. The van der Waals surface area contributed by atoms with Gasteiger partial charge in [-0.15, -0.1) is 0 Å². The molecule has 0 saturated carbocycles. The molecule has 1 aromatic carbocycles. The first-order valence-electron chi connectivity index (χ1n) is 4.18. The molecule has 0 bridgehead atoms. The minimum Gasteiger partial charge on any atom is -0.308 e. The van der Waals surface area contributed by atoms with E-state index >= 15 is 0 Å². The molecule has 0 unspecified atom stereocenters. The van der Waals surface area contributed by atoms with E-state index in [2.05, 4.69) is 0 Å². The second-order valence-corrected chi connectivity index (χ2v) is 7.18. The summed E-state index contributed by atoms with van der Waals surface area (Å²) in [5, 5.41) is 0.963. The van der Waals surface area contributed by atoms with Crippen molar-refractivity contribution in [2.24, 2.45) is 0 Å². The predicted octanol–water partition coefficient (Wildman–Crippen LogP) is 2.69. The number of halogens is 1. The van der Waals surface area contributed by atoms with Gasteiger partial charge in [0.2, 0.25) is 0 Å². The Labute approximate surface area is 74.6 Å². The van der Waals surface area contributed by atoms with Crippen LogP contribution in [-0.2, 0) is 0 Å². The van der Waals surface area contributed by atoms with E-state index in [0.717, 1.165) is 16.3 Å². The zero-order valence-corrected chi connectivity index (χ0v) is 9.11. The van der Waals surface area contributed by atoms with Crippen molar-refractivity contribution >= 4 is 13.6 Å². The van der Waals surface area contributed by atoms with E-state index in [-0.39, 0.29) is 0 Å². The zero-order valence-electron chi connectivity index (χ0n) is 8.11. The number of benzene rings is 1. The molecular formula is C10H15FSi. The van der Waals surface area contributed by atoms with Gasteiger partial charge < -0.3 is 4.11 Å². The maximum atomic E-state index is 13.8.